The molecule has 0 saturated carbocycles. The number of hydrogen-bond donors (Lipinski definition) is 2. The Morgan fingerprint density at radius 3 is 2.40 bits per heavy atom. The van der Waals surface area contributed by atoms with Crippen LogP contribution in [0.5, 0.6) is 0 Å². The van der Waals surface area contributed by atoms with Crippen molar-refractivity contribution >= 4 is 0 Å². The molecule has 0 spiro atoms. The Kier molecular flexibility index (Phi) is 7.06. The van der Waals surface area contributed by atoms with Gasteiger partial charge < -0.3 is 15.3 Å². The number of likely N-dealkylation sites (tertiary alicyclic amines) is 1. The van der Waals surface area contributed by atoms with Gasteiger partial charge in [-0.25, -0.2) is 0 Å². The molecule has 1 aromatic rings. The average Bonchev–Trinajstić information content (AvgIpc) is 2.76. The zero-order chi connectivity index (χ0) is 14.0. The fourth-order valence-corrected chi connectivity index (χ4v) is 2.88. The lowest BCUT2D eigenvalue weighted by Crippen LogP contribution is -2.44. The van der Waals surface area contributed by atoms with Gasteiger partial charge in [-0.15, -0.1) is 0 Å². The maximum Gasteiger partial charge on any atom is 0.0597 e. The van der Waals surface area contributed by atoms with Gasteiger partial charge in [0.1, 0.15) is 0 Å². The number of hydrogen-bond acceptors (Lipinski definition) is 3. The van der Waals surface area contributed by atoms with Gasteiger partial charge in [-0.05, 0) is 44.5 Å². The fourth-order valence-electron chi connectivity index (χ4n) is 2.88. The molecule has 20 heavy (non-hydrogen) atoms. The first-order valence-corrected chi connectivity index (χ1v) is 7.99. The van der Waals surface area contributed by atoms with Gasteiger partial charge in [0.15, 0.2) is 0 Å². The Bertz CT molecular complexity index is 347. The second-order valence-electron chi connectivity index (χ2n) is 5.78. The van der Waals surface area contributed by atoms with Crippen molar-refractivity contribution in [2.24, 2.45) is 0 Å². The third-order valence-electron chi connectivity index (χ3n) is 4.09. The van der Waals surface area contributed by atoms with Gasteiger partial charge >= 0.3 is 0 Å². The lowest BCUT2D eigenvalue weighted by Gasteiger charge is -2.25. The van der Waals surface area contributed by atoms with Crippen molar-refractivity contribution in [1.29, 1.82) is 0 Å². The minimum absolute atomic E-state index is 0.205. The van der Waals surface area contributed by atoms with Crippen LogP contribution in [0.1, 0.15) is 31.2 Å². The number of nitrogens with one attached hydrogen (secondary N) is 1. The molecule has 0 aromatic heterocycles. The molecule has 0 amide bonds. The van der Waals surface area contributed by atoms with Gasteiger partial charge in [-0.3, -0.25) is 0 Å². The van der Waals surface area contributed by atoms with E-state index in [-0.39, 0.29) is 12.6 Å². The quantitative estimate of drug-likeness (QED) is 0.800. The lowest BCUT2D eigenvalue weighted by molar-refractivity contribution is 0.184. The molecule has 1 aliphatic heterocycles. The Balaban J connectivity index is 1.69. The molecule has 112 valence electrons. The van der Waals surface area contributed by atoms with Crippen molar-refractivity contribution in [2.45, 2.75) is 38.1 Å². The van der Waals surface area contributed by atoms with Crippen molar-refractivity contribution in [3.05, 3.63) is 35.9 Å². The number of aliphatic hydroxyl groups excluding tert-OH is 1. The van der Waals surface area contributed by atoms with Crippen LogP contribution in [-0.4, -0.2) is 48.8 Å². The average molecular weight is 276 g/mol. The van der Waals surface area contributed by atoms with Crippen molar-refractivity contribution < 1.29 is 5.11 Å². The molecule has 3 heteroatoms. The summed E-state index contributed by atoms with van der Waals surface area (Å²) in [7, 11) is 0. The van der Waals surface area contributed by atoms with E-state index >= 15 is 0 Å². The van der Waals surface area contributed by atoms with Crippen LogP contribution in [0.25, 0.3) is 0 Å². The van der Waals surface area contributed by atoms with Crippen LogP contribution in [0.3, 0.4) is 0 Å². The number of rotatable bonds is 7. The minimum Gasteiger partial charge on any atom is -0.395 e. The van der Waals surface area contributed by atoms with E-state index in [0.29, 0.717) is 0 Å². The van der Waals surface area contributed by atoms with Crippen LogP contribution >= 0.6 is 0 Å². The lowest BCUT2D eigenvalue weighted by atomic mass is 10.1. The summed E-state index contributed by atoms with van der Waals surface area (Å²) in [5.41, 5.74) is 1.35. The van der Waals surface area contributed by atoms with E-state index in [4.69, 9.17) is 0 Å². The minimum atomic E-state index is 0.205. The van der Waals surface area contributed by atoms with E-state index in [0.717, 1.165) is 19.5 Å². The summed E-state index contributed by atoms with van der Waals surface area (Å²) < 4.78 is 0. The highest BCUT2D eigenvalue weighted by atomic mass is 16.3. The molecule has 2 N–H and O–H groups in total. The summed E-state index contributed by atoms with van der Waals surface area (Å²) in [5.74, 6) is 0. The van der Waals surface area contributed by atoms with Crippen molar-refractivity contribution in [1.82, 2.24) is 10.2 Å². The normalized spacial score (nSPS) is 18.6. The molecular formula is C17H28N2O. The molecule has 1 fully saturated rings. The van der Waals surface area contributed by atoms with Crippen LogP contribution in [-0.2, 0) is 6.42 Å². The molecule has 0 unspecified atom stereocenters. The fraction of sp³-hybridized carbons (Fsp3) is 0.647. The second-order valence-corrected chi connectivity index (χ2v) is 5.78. The number of benzene rings is 1. The van der Waals surface area contributed by atoms with Gasteiger partial charge in [0, 0.05) is 12.6 Å². The molecule has 0 aliphatic carbocycles. The first kappa shape index (κ1) is 15.5. The molecule has 1 heterocycles. The van der Waals surface area contributed by atoms with Crippen LogP contribution in [0.4, 0.5) is 0 Å². The van der Waals surface area contributed by atoms with E-state index in [2.05, 4.69) is 34.5 Å². The molecule has 1 atom stereocenters. The predicted octanol–water partition coefficient (Wildman–Crippen LogP) is 2.06. The van der Waals surface area contributed by atoms with Crippen LogP contribution in [0.2, 0.25) is 0 Å². The van der Waals surface area contributed by atoms with E-state index in [1.54, 1.807) is 0 Å². The third-order valence-corrected chi connectivity index (χ3v) is 4.09. The highest BCUT2D eigenvalue weighted by molar-refractivity contribution is 5.14. The maximum absolute atomic E-state index is 9.54. The largest absolute Gasteiger partial charge is 0.395 e. The first-order valence-electron chi connectivity index (χ1n) is 7.99. The summed E-state index contributed by atoms with van der Waals surface area (Å²) in [5, 5.41) is 13.0. The molecule has 1 aromatic carbocycles. The number of aliphatic hydroxyl groups is 1. The smallest absolute Gasteiger partial charge is 0.0597 e. The highest BCUT2D eigenvalue weighted by Gasteiger charge is 2.14. The van der Waals surface area contributed by atoms with Crippen LogP contribution in [0, 0.1) is 0 Å². The van der Waals surface area contributed by atoms with Crippen LogP contribution < -0.4 is 5.32 Å². The Hall–Kier alpha value is -0.900. The monoisotopic (exact) mass is 276 g/mol. The van der Waals surface area contributed by atoms with Gasteiger partial charge in [-0.2, -0.15) is 0 Å². The Labute approximate surface area is 123 Å². The van der Waals surface area contributed by atoms with Crippen molar-refractivity contribution in [3.8, 4) is 0 Å². The zero-order valence-electron chi connectivity index (χ0n) is 12.4. The van der Waals surface area contributed by atoms with Gasteiger partial charge in [-0.1, -0.05) is 43.2 Å². The van der Waals surface area contributed by atoms with Gasteiger partial charge in [0.25, 0.3) is 0 Å². The predicted molar refractivity (Wildman–Crippen MR) is 83.9 cm³/mol. The number of nitrogens with zero attached hydrogens (tertiary/aromatic N) is 1. The molecule has 0 radical (unpaired) electrons. The zero-order valence-corrected chi connectivity index (χ0v) is 12.4. The van der Waals surface area contributed by atoms with Gasteiger partial charge in [0.2, 0.25) is 0 Å². The van der Waals surface area contributed by atoms with E-state index in [9.17, 15) is 5.11 Å². The van der Waals surface area contributed by atoms with Crippen molar-refractivity contribution in [3.63, 3.8) is 0 Å². The van der Waals surface area contributed by atoms with Crippen molar-refractivity contribution in [2.75, 3.05) is 32.8 Å². The third kappa shape index (κ3) is 5.61. The molecule has 3 nitrogen and oxygen atoms in total. The molecule has 1 aliphatic rings. The standard InChI is InChI=1S/C17H28N2O/c20-15-17(14-19-12-6-1-2-7-13-19)18-11-10-16-8-4-3-5-9-16/h3-5,8-9,17-18,20H,1-2,6-7,10-15H2/t17-/m1/s1. The summed E-state index contributed by atoms with van der Waals surface area (Å²) >= 11 is 0. The SMILES string of the molecule is OC[C@@H](CN1CCCCCC1)NCCc1ccccc1. The summed E-state index contributed by atoms with van der Waals surface area (Å²) in [4.78, 5) is 2.50. The molecule has 0 bridgehead atoms. The highest BCUT2D eigenvalue weighted by Crippen LogP contribution is 2.09. The summed E-state index contributed by atoms with van der Waals surface area (Å²) in [6.07, 6.45) is 6.37. The molecule has 2 rings (SSSR count). The molecular weight excluding hydrogens is 248 g/mol. The van der Waals surface area contributed by atoms with E-state index in [1.165, 1.54) is 44.3 Å². The summed E-state index contributed by atoms with van der Waals surface area (Å²) in [6.45, 7) is 4.52. The van der Waals surface area contributed by atoms with Crippen LogP contribution in [0.15, 0.2) is 30.3 Å². The Morgan fingerprint density at radius 1 is 1.05 bits per heavy atom. The van der Waals surface area contributed by atoms with E-state index < -0.39 is 0 Å². The van der Waals surface area contributed by atoms with Gasteiger partial charge in [0.05, 0.1) is 6.61 Å². The van der Waals surface area contributed by atoms with E-state index in [1.807, 2.05) is 6.07 Å². The Morgan fingerprint density at radius 2 is 1.75 bits per heavy atom. The summed E-state index contributed by atoms with van der Waals surface area (Å²) in [6, 6.07) is 10.7. The topological polar surface area (TPSA) is 35.5 Å². The molecule has 1 saturated heterocycles. The second kappa shape index (κ2) is 9.11. The first-order chi connectivity index (χ1) is 9.88. The maximum atomic E-state index is 9.54.